The van der Waals surface area contributed by atoms with Crippen LogP contribution in [-0.2, 0) is 4.74 Å². The SMILES string of the molecule is CCCCCCCCCCOCC(C)(C)C. The summed E-state index contributed by atoms with van der Waals surface area (Å²) in [7, 11) is 0. The highest BCUT2D eigenvalue weighted by atomic mass is 16.5. The van der Waals surface area contributed by atoms with Gasteiger partial charge in [0.05, 0.1) is 6.61 Å². The largest absolute Gasteiger partial charge is 0.381 e. The summed E-state index contributed by atoms with van der Waals surface area (Å²) in [4.78, 5) is 0. The fraction of sp³-hybridized carbons (Fsp3) is 1.00. The summed E-state index contributed by atoms with van der Waals surface area (Å²) in [6.07, 6.45) is 11.0. The quantitative estimate of drug-likeness (QED) is 0.468. The highest BCUT2D eigenvalue weighted by Crippen LogP contribution is 2.13. The van der Waals surface area contributed by atoms with Crippen LogP contribution in [0.15, 0.2) is 0 Å². The minimum Gasteiger partial charge on any atom is -0.381 e. The Morgan fingerprint density at radius 1 is 0.750 bits per heavy atom. The molecule has 0 aromatic carbocycles. The van der Waals surface area contributed by atoms with Crippen LogP contribution in [-0.4, -0.2) is 13.2 Å². The topological polar surface area (TPSA) is 9.23 Å². The molecule has 0 heterocycles. The molecule has 0 fully saturated rings. The zero-order valence-corrected chi connectivity index (χ0v) is 12.0. The smallest absolute Gasteiger partial charge is 0.0514 e. The Bertz CT molecular complexity index is 135. The molecule has 0 aromatic rings. The van der Waals surface area contributed by atoms with E-state index in [0.29, 0.717) is 5.41 Å². The minimum atomic E-state index is 0.320. The van der Waals surface area contributed by atoms with Gasteiger partial charge in [0.2, 0.25) is 0 Å². The molecule has 0 aliphatic heterocycles. The Morgan fingerprint density at radius 3 is 1.75 bits per heavy atom. The molecular weight excluding hydrogens is 196 g/mol. The van der Waals surface area contributed by atoms with Crippen LogP contribution in [0.3, 0.4) is 0 Å². The third kappa shape index (κ3) is 14.0. The highest BCUT2D eigenvalue weighted by Gasteiger charge is 2.09. The Hall–Kier alpha value is -0.0400. The van der Waals surface area contributed by atoms with E-state index < -0.39 is 0 Å². The lowest BCUT2D eigenvalue weighted by molar-refractivity contribution is 0.0686. The lowest BCUT2D eigenvalue weighted by Crippen LogP contribution is -2.14. The van der Waals surface area contributed by atoms with Crippen molar-refractivity contribution in [3.05, 3.63) is 0 Å². The second-order valence-electron chi connectivity index (χ2n) is 6.09. The van der Waals surface area contributed by atoms with E-state index in [1.165, 1.54) is 51.4 Å². The Labute approximate surface area is 103 Å². The summed E-state index contributed by atoms with van der Waals surface area (Å²) in [6, 6.07) is 0. The molecule has 0 saturated heterocycles. The molecule has 1 heteroatoms. The van der Waals surface area contributed by atoms with Gasteiger partial charge in [-0.05, 0) is 11.8 Å². The van der Waals surface area contributed by atoms with E-state index in [1.54, 1.807) is 0 Å². The first kappa shape index (κ1) is 16.0. The number of unbranched alkanes of at least 4 members (excludes halogenated alkanes) is 7. The molecule has 0 aliphatic carbocycles. The lowest BCUT2D eigenvalue weighted by atomic mass is 9.99. The molecular formula is C15H32O. The second-order valence-corrected chi connectivity index (χ2v) is 6.09. The number of hydrogen-bond acceptors (Lipinski definition) is 1. The minimum absolute atomic E-state index is 0.320. The van der Waals surface area contributed by atoms with Crippen molar-refractivity contribution in [3.8, 4) is 0 Å². The number of rotatable bonds is 10. The van der Waals surface area contributed by atoms with Crippen molar-refractivity contribution in [1.29, 1.82) is 0 Å². The number of hydrogen-bond donors (Lipinski definition) is 0. The van der Waals surface area contributed by atoms with E-state index in [4.69, 9.17) is 4.74 Å². The van der Waals surface area contributed by atoms with E-state index >= 15 is 0 Å². The van der Waals surface area contributed by atoms with Gasteiger partial charge in [0, 0.05) is 6.61 Å². The van der Waals surface area contributed by atoms with Crippen LogP contribution in [0.5, 0.6) is 0 Å². The summed E-state index contributed by atoms with van der Waals surface area (Å²) in [5.74, 6) is 0. The molecule has 0 radical (unpaired) electrons. The van der Waals surface area contributed by atoms with E-state index in [0.717, 1.165) is 13.2 Å². The van der Waals surface area contributed by atoms with Crippen LogP contribution in [0.1, 0.15) is 79.1 Å². The van der Waals surface area contributed by atoms with Gasteiger partial charge in [0.1, 0.15) is 0 Å². The summed E-state index contributed by atoms with van der Waals surface area (Å²) in [5.41, 5.74) is 0.320. The van der Waals surface area contributed by atoms with Crippen molar-refractivity contribution in [2.24, 2.45) is 5.41 Å². The molecule has 16 heavy (non-hydrogen) atoms. The van der Waals surface area contributed by atoms with E-state index in [-0.39, 0.29) is 0 Å². The monoisotopic (exact) mass is 228 g/mol. The predicted octanol–water partition coefficient (Wildman–Crippen LogP) is 5.19. The maximum atomic E-state index is 5.64. The van der Waals surface area contributed by atoms with Gasteiger partial charge in [-0.1, -0.05) is 72.6 Å². The summed E-state index contributed by atoms with van der Waals surface area (Å²) >= 11 is 0. The van der Waals surface area contributed by atoms with Gasteiger partial charge in [-0.25, -0.2) is 0 Å². The van der Waals surface area contributed by atoms with Gasteiger partial charge in [0.15, 0.2) is 0 Å². The molecule has 0 bridgehead atoms. The highest BCUT2D eigenvalue weighted by molar-refractivity contribution is 4.58. The van der Waals surface area contributed by atoms with Crippen LogP contribution >= 0.6 is 0 Å². The molecule has 0 amide bonds. The van der Waals surface area contributed by atoms with Gasteiger partial charge in [-0.3, -0.25) is 0 Å². The molecule has 0 unspecified atom stereocenters. The maximum absolute atomic E-state index is 5.64. The fourth-order valence-corrected chi connectivity index (χ4v) is 1.72. The molecule has 0 saturated carbocycles. The first-order valence-electron chi connectivity index (χ1n) is 7.14. The third-order valence-electron chi connectivity index (χ3n) is 2.68. The third-order valence-corrected chi connectivity index (χ3v) is 2.68. The average Bonchev–Trinajstić information content (AvgIpc) is 2.19. The van der Waals surface area contributed by atoms with Gasteiger partial charge < -0.3 is 4.74 Å². The summed E-state index contributed by atoms with van der Waals surface area (Å²) in [6.45, 7) is 10.8. The second kappa shape index (κ2) is 10.1. The molecule has 0 rings (SSSR count). The van der Waals surface area contributed by atoms with Crippen molar-refractivity contribution >= 4 is 0 Å². The van der Waals surface area contributed by atoms with Crippen molar-refractivity contribution < 1.29 is 4.74 Å². The lowest BCUT2D eigenvalue weighted by Gasteiger charge is -2.17. The van der Waals surface area contributed by atoms with Crippen molar-refractivity contribution in [2.45, 2.75) is 79.1 Å². The van der Waals surface area contributed by atoms with Gasteiger partial charge in [0.25, 0.3) is 0 Å². The van der Waals surface area contributed by atoms with Crippen LogP contribution in [0.4, 0.5) is 0 Å². The fourth-order valence-electron chi connectivity index (χ4n) is 1.72. The van der Waals surface area contributed by atoms with Crippen molar-refractivity contribution in [3.63, 3.8) is 0 Å². The van der Waals surface area contributed by atoms with Crippen LogP contribution < -0.4 is 0 Å². The Balaban J connectivity index is 2.99. The normalized spacial score (nSPS) is 12.0. The van der Waals surface area contributed by atoms with Gasteiger partial charge >= 0.3 is 0 Å². The molecule has 0 atom stereocenters. The summed E-state index contributed by atoms with van der Waals surface area (Å²) < 4.78 is 5.64. The average molecular weight is 228 g/mol. The molecule has 1 nitrogen and oxygen atoms in total. The summed E-state index contributed by atoms with van der Waals surface area (Å²) in [5, 5.41) is 0. The zero-order chi connectivity index (χ0) is 12.3. The predicted molar refractivity (Wildman–Crippen MR) is 72.9 cm³/mol. The first-order chi connectivity index (χ1) is 7.56. The maximum Gasteiger partial charge on any atom is 0.0514 e. The molecule has 0 aromatic heterocycles. The van der Waals surface area contributed by atoms with Gasteiger partial charge in [-0.15, -0.1) is 0 Å². The van der Waals surface area contributed by atoms with E-state index in [1.807, 2.05) is 0 Å². The molecule has 0 aliphatic rings. The van der Waals surface area contributed by atoms with Crippen LogP contribution in [0.25, 0.3) is 0 Å². The molecule has 98 valence electrons. The Kier molecular flexibility index (Phi) is 10.1. The zero-order valence-electron chi connectivity index (χ0n) is 12.0. The van der Waals surface area contributed by atoms with Crippen LogP contribution in [0.2, 0.25) is 0 Å². The Morgan fingerprint density at radius 2 is 1.25 bits per heavy atom. The van der Waals surface area contributed by atoms with E-state index in [2.05, 4.69) is 27.7 Å². The first-order valence-corrected chi connectivity index (χ1v) is 7.14. The van der Waals surface area contributed by atoms with Crippen molar-refractivity contribution in [2.75, 3.05) is 13.2 Å². The molecule has 0 N–H and O–H groups in total. The van der Waals surface area contributed by atoms with Crippen LogP contribution in [0, 0.1) is 5.41 Å². The van der Waals surface area contributed by atoms with Gasteiger partial charge in [-0.2, -0.15) is 0 Å². The molecule has 0 spiro atoms. The standard InChI is InChI=1S/C15H32O/c1-5-6-7-8-9-10-11-12-13-16-14-15(2,3)4/h5-14H2,1-4H3. The van der Waals surface area contributed by atoms with Crippen molar-refractivity contribution in [1.82, 2.24) is 0 Å². The number of ether oxygens (including phenoxy) is 1. The van der Waals surface area contributed by atoms with E-state index in [9.17, 15) is 0 Å².